The SMILES string of the molecule is O=C1CCC(Nc2ccc3c(c2)OCC32CCNCC2(F)F)C(=O)N1.[HH].[HH].[HH]. The summed E-state index contributed by atoms with van der Waals surface area (Å²) in [6.07, 6.45) is 0.983. The van der Waals surface area contributed by atoms with Crippen LogP contribution >= 0.6 is 0 Å². The molecule has 2 fully saturated rings. The van der Waals surface area contributed by atoms with E-state index in [1.165, 1.54) is 0 Å². The number of benzene rings is 1. The van der Waals surface area contributed by atoms with Crippen molar-refractivity contribution in [3.05, 3.63) is 23.8 Å². The van der Waals surface area contributed by atoms with Gasteiger partial charge in [0.2, 0.25) is 11.8 Å². The second kappa shape index (κ2) is 5.66. The van der Waals surface area contributed by atoms with E-state index < -0.39 is 17.4 Å². The zero-order valence-electron chi connectivity index (χ0n) is 13.5. The molecule has 1 aromatic rings. The minimum Gasteiger partial charge on any atom is -0.492 e. The summed E-state index contributed by atoms with van der Waals surface area (Å²) in [5.74, 6) is -3.11. The molecule has 3 N–H and O–H groups in total. The Bertz CT molecular complexity index is 754. The van der Waals surface area contributed by atoms with Gasteiger partial charge in [0.25, 0.3) is 5.92 Å². The highest BCUT2D eigenvalue weighted by Crippen LogP contribution is 2.51. The molecule has 0 bridgehead atoms. The molecule has 0 saturated carbocycles. The van der Waals surface area contributed by atoms with Gasteiger partial charge in [-0.3, -0.25) is 14.9 Å². The Morgan fingerprint density at radius 3 is 2.92 bits per heavy atom. The van der Waals surface area contributed by atoms with E-state index in [9.17, 15) is 18.4 Å². The second-order valence-electron chi connectivity index (χ2n) is 6.86. The fourth-order valence-electron chi connectivity index (χ4n) is 3.85. The van der Waals surface area contributed by atoms with Crippen molar-refractivity contribution in [1.29, 1.82) is 0 Å². The Balaban J connectivity index is 0.00000131. The molecule has 1 aromatic carbocycles. The van der Waals surface area contributed by atoms with E-state index in [1.807, 2.05) is 0 Å². The molecule has 2 atom stereocenters. The van der Waals surface area contributed by atoms with Gasteiger partial charge in [0.15, 0.2) is 0 Å². The number of anilines is 1. The average Bonchev–Trinajstić information content (AvgIpc) is 2.93. The highest BCUT2D eigenvalue weighted by atomic mass is 19.3. The molecular formula is C17H25F2N3O3. The number of halogens is 2. The summed E-state index contributed by atoms with van der Waals surface area (Å²) < 4.78 is 34.7. The number of piperidine rings is 2. The van der Waals surface area contributed by atoms with Crippen molar-refractivity contribution in [3.63, 3.8) is 0 Å². The first-order chi connectivity index (χ1) is 11.9. The zero-order valence-corrected chi connectivity index (χ0v) is 13.5. The summed E-state index contributed by atoms with van der Waals surface area (Å²) in [6, 6.07) is 4.49. The summed E-state index contributed by atoms with van der Waals surface area (Å²) in [7, 11) is 0. The van der Waals surface area contributed by atoms with Gasteiger partial charge >= 0.3 is 0 Å². The number of rotatable bonds is 2. The van der Waals surface area contributed by atoms with Gasteiger partial charge in [-0.15, -0.1) is 0 Å². The van der Waals surface area contributed by atoms with Gasteiger partial charge in [-0.1, -0.05) is 6.07 Å². The predicted molar refractivity (Wildman–Crippen MR) is 92.2 cm³/mol. The Kier molecular flexibility index (Phi) is 3.68. The highest BCUT2D eigenvalue weighted by molar-refractivity contribution is 6.01. The van der Waals surface area contributed by atoms with Gasteiger partial charge in [-0.05, 0) is 25.5 Å². The number of imide groups is 1. The van der Waals surface area contributed by atoms with Crippen molar-refractivity contribution in [1.82, 2.24) is 10.6 Å². The molecule has 6 nitrogen and oxygen atoms in total. The molecule has 4 rings (SSSR count). The maximum Gasteiger partial charge on any atom is 0.273 e. The number of carbonyl (C=O) groups excluding carboxylic acids is 2. The third-order valence-electron chi connectivity index (χ3n) is 5.33. The molecule has 25 heavy (non-hydrogen) atoms. The predicted octanol–water partition coefficient (Wildman–Crippen LogP) is 1.90. The van der Waals surface area contributed by atoms with E-state index in [0.717, 1.165) is 0 Å². The monoisotopic (exact) mass is 357 g/mol. The van der Waals surface area contributed by atoms with Crippen LogP contribution in [0.1, 0.15) is 29.1 Å². The summed E-state index contributed by atoms with van der Waals surface area (Å²) in [4.78, 5) is 23.0. The number of hydrogen-bond acceptors (Lipinski definition) is 5. The molecule has 1 spiro atoms. The average molecular weight is 357 g/mol. The smallest absolute Gasteiger partial charge is 0.273 e. The van der Waals surface area contributed by atoms with Gasteiger partial charge in [0.05, 0.1) is 12.0 Å². The van der Waals surface area contributed by atoms with Crippen molar-refractivity contribution >= 4 is 17.5 Å². The van der Waals surface area contributed by atoms with Crippen LogP contribution in [-0.2, 0) is 15.0 Å². The van der Waals surface area contributed by atoms with Gasteiger partial charge in [-0.2, -0.15) is 0 Å². The van der Waals surface area contributed by atoms with Crippen molar-refractivity contribution in [2.24, 2.45) is 0 Å². The van der Waals surface area contributed by atoms with E-state index in [4.69, 9.17) is 4.74 Å². The minimum atomic E-state index is -2.88. The van der Waals surface area contributed by atoms with Gasteiger partial charge < -0.3 is 15.4 Å². The first-order valence-electron chi connectivity index (χ1n) is 8.37. The van der Waals surface area contributed by atoms with E-state index in [1.54, 1.807) is 18.2 Å². The van der Waals surface area contributed by atoms with Crippen LogP contribution in [-0.4, -0.2) is 43.5 Å². The lowest BCUT2D eigenvalue weighted by Crippen LogP contribution is -2.57. The standard InChI is InChI=1S/C17H19F2N3O3.3H2/c18-17(19)8-20-6-5-16(17)9-25-13-7-10(1-2-11(13)16)21-12-3-4-14(23)22-15(12)24;;;/h1-2,7,12,20-21H,3-6,8-9H2,(H,22,23,24);3*1H. The van der Waals surface area contributed by atoms with Crippen molar-refractivity contribution in [2.75, 3.05) is 25.0 Å². The lowest BCUT2D eigenvalue weighted by Gasteiger charge is -2.40. The molecule has 140 valence electrons. The molecule has 0 aromatic heterocycles. The van der Waals surface area contributed by atoms with Crippen molar-refractivity contribution in [3.8, 4) is 5.75 Å². The molecule has 3 heterocycles. The molecule has 2 saturated heterocycles. The maximum atomic E-state index is 14.6. The van der Waals surface area contributed by atoms with E-state index in [0.29, 0.717) is 36.4 Å². The molecule has 0 radical (unpaired) electrons. The van der Waals surface area contributed by atoms with Crippen LogP contribution in [0.4, 0.5) is 14.5 Å². The fourth-order valence-corrected chi connectivity index (χ4v) is 3.85. The van der Waals surface area contributed by atoms with Gasteiger partial charge in [0.1, 0.15) is 18.4 Å². The first-order valence-corrected chi connectivity index (χ1v) is 8.37. The van der Waals surface area contributed by atoms with Crippen molar-refractivity contribution < 1.29 is 27.4 Å². The highest BCUT2D eigenvalue weighted by Gasteiger charge is 2.60. The Labute approximate surface area is 147 Å². The van der Waals surface area contributed by atoms with E-state index in [2.05, 4.69) is 16.0 Å². The largest absolute Gasteiger partial charge is 0.492 e. The van der Waals surface area contributed by atoms with Crippen molar-refractivity contribution in [2.45, 2.75) is 36.6 Å². The fraction of sp³-hybridized carbons (Fsp3) is 0.529. The van der Waals surface area contributed by atoms with Gasteiger partial charge in [0, 0.05) is 28.0 Å². The Morgan fingerprint density at radius 2 is 2.16 bits per heavy atom. The minimum absolute atomic E-state index is 0. The topological polar surface area (TPSA) is 79.5 Å². The van der Waals surface area contributed by atoms with Crippen LogP contribution in [0, 0.1) is 0 Å². The number of amides is 2. The van der Waals surface area contributed by atoms with Crippen LogP contribution in [0.15, 0.2) is 18.2 Å². The Hall–Kier alpha value is -2.22. The van der Waals surface area contributed by atoms with E-state index >= 15 is 0 Å². The molecule has 8 heteroatoms. The molecule has 2 amide bonds. The van der Waals surface area contributed by atoms with Crippen LogP contribution < -0.4 is 20.7 Å². The number of nitrogens with one attached hydrogen (secondary N) is 3. The maximum absolute atomic E-state index is 14.6. The lowest BCUT2D eigenvalue weighted by atomic mass is 9.72. The lowest BCUT2D eigenvalue weighted by molar-refractivity contribution is -0.133. The van der Waals surface area contributed by atoms with Crippen LogP contribution in [0.5, 0.6) is 5.75 Å². The Morgan fingerprint density at radius 1 is 1.32 bits per heavy atom. The number of fused-ring (bicyclic) bond motifs is 2. The number of alkyl halides is 2. The normalized spacial score (nSPS) is 30.6. The van der Waals surface area contributed by atoms with Crippen LogP contribution in [0.2, 0.25) is 0 Å². The number of hydrogen-bond donors (Lipinski definition) is 3. The third-order valence-corrected chi connectivity index (χ3v) is 5.33. The summed E-state index contributed by atoms with van der Waals surface area (Å²) >= 11 is 0. The third kappa shape index (κ3) is 2.55. The quantitative estimate of drug-likeness (QED) is 0.705. The summed E-state index contributed by atoms with van der Waals surface area (Å²) in [5.41, 5.74) is -0.156. The molecular weight excluding hydrogens is 332 g/mol. The first kappa shape index (κ1) is 16.3. The molecule has 2 unspecified atom stereocenters. The van der Waals surface area contributed by atoms with E-state index in [-0.39, 0.29) is 35.7 Å². The number of ether oxygens (including phenoxy) is 1. The van der Waals surface area contributed by atoms with Gasteiger partial charge in [-0.25, -0.2) is 8.78 Å². The zero-order chi connectivity index (χ0) is 17.7. The summed E-state index contributed by atoms with van der Waals surface area (Å²) in [5, 5.41) is 8.07. The number of carbonyl (C=O) groups is 2. The van der Waals surface area contributed by atoms with Crippen LogP contribution in [0.25, 0.3) is 0 Å². The summed E-state index contributed by atoms with van der Waals surface area (Å²) in [6.45, 7) is 0.125. The van der Waals surface area contributed by atoms with Crippen LogP contribution in [0.3, 0.4) is 0 Å². The molecule has 3 aliphatic rings. The molecule has 3 aliphatic heterocycles. The second-order valence-corrected chi connectivity index (χ2v) is 6.86. The molecule has 0 aliphatic carbocycles.